The highest BCUT2D eigenvalue weighted by atomic mass is 35.5. The van der Waals surface area contributed by atoms with Crippen LogP contribution in [0.3, 0.4) is 0 Å². The standard InChI is InChI=1S/C14H18ClN5OS3/c1-3-5-7-23-14-20-19-13(24-14)18-11(21)10-9(15)8-16-12(17-10)22-6-4-2/h8H,3-7H2,1-2H3,(H,18,19,21). The number of carbonyl (C=O) groups excluding carboxylic acids is 1. The van der Waals surface area contributed by atoms with Crippen molar-refractivity contribution in [3.05, 3.63) is 16.9 Å². The Hall–Kier alpha value is -0.900. The molecule has 0 aliphatic heterocycles. The first-order valence-electron chi connectivity index (χ1n) is 7.57. The fraction of sp³-hybridized carbons (Fsp3) is 0.500. The van der Waals surface area contributed by atoms with Crippen LogP contribution in [-0.4, -0.2) is 37.6 Å². The smallest absolute Gasteiger partial charge is 0.277 e. The molecule has 0 saturated heterocycles. The molecule has 0 fully saturated rings. The van der Waals surface area contributed by atoms with E-state index in [0.29, 0.717) is 10.3 Å². The molecule has 0 atom stereocenters. The highest BCUT2D eigenvalue weighted by molar-refractivity contribution is 8.01. The summed E-state index contributed by atoms with van der Waals surface area (Å²) in [5.41, 5.74) is 0.153. The Morgan fingerprint density at radius 3 is 2.83 bits per heavy atom. The number of halogens is 1. The largest absolute Gasteiger partial charge is 0.295 e. The van der Waals surface area contributed by atoms with Gasteiger partial charge in [-0.3, -0.25) is 10.1 Å². The molecule has 2 heterocycles. The first-order valence-corrected chi connectivity index (χ1v) is 10.7. The summed E-state index contributed by atoms with van der Waals surface area (Å²) in [5.74, 6) is 1.48. The zero-order valence-electron chi connectivity index (χ0n) is 13.4. The lowest BCUT2D eigenvalue weighted by atomic mass is 10.4. The lowest BCUT2D eigenvalue weighted by molar-refractivity contribution is 0.102. The van der Waals surface area contributed by atoms with Crippen molar-refractivity contribution in [2.45, 2.75) is 42.6 Å². The van der Waals surface area contributed by atoms with Crippen LogP contribution in [0.2, 0.25) is 5.02 Å². The van der Waals surface area contributed by atoms with Crippen LogP contribution in [0.1, 0.15) is 43.6 Å². The van der Waals surface area contributed by atoms with Gasteiger partial charge in [0, 0.05) is 11.5 Å². The number of rotatable bonds is 9. The number of aromatic nitrogens is 4. The van der Waals surface area contributed by atoms with Crippen molar-refractivity contribution in [3.63, 3.8) is 0 Å². The van der Waals surface area contributed by atoms with Crippen LogP contribution in [0.15, 0.2) is 15.7 Å². The summed E-state index contributed by atoms with van der Waals surface area (Å²) in [4.78, 5) is 20.7. The van der Waals surface area contributed by atoms with Gasteiger partial charge in [-0.1, -0.05) is 66.7 Å². The molecule has 0 bridgehead atoms. The summed E-state index contributed by atoms with van der Waals surface area (Å²) < 4.78 is 0.840. The minimum atomic E-state index is -0.401. The third kappa shape index (κ3) is 5.87. The molecule has 0 saturated carbocycles. The Bertz CT molecular complexity index is 682. The predicted molar refractivity (Wildman–Crippen MR) is 102 cm³/mol. The molecule has 0 spiro atoms. The number of nitrogens with zero attached hydrogens (tertiary/aromatic N) is 4. The van der Waals surface area contributed by atoms with E-state index < -0.39 is 5.91 Å². The van der Waals surface area contributed by atoms with Crippen molar-refractivity contribution in [3.8, 4) is 0 Å². The quantitative estimate of drug-likeness (QED) is 0.283. The van der Waals surface area contributed by atoms with Gasteiger partial charge in [0.05, 0.1) is 11.2 Å². The van der Waals surface area contributed by atoms with Crippen molar-refractivity contribution in [1.82, 2.24) is 20.2 Å². The number of carbonyl (C=O) groups is 1. The van der Waals surface area contributed by atoms with E-state index in [-0.39, 0.29) is 10.7 Å². The number of hydrogen-bond acceptors (Lipinski definition) is 8. The fourth-order valence-electron chi connectivity index (χ4n) is 1.55. The van der Waals surface area contributed by atoms with E-state index in [1.165, 1.54) is 29.3 Å². The SMILES string of the molecule is CCCCSc1nnc(NC(=O)c2nc(SCCC)ncc2Cl)s1. The van der Waals surface area contributed by atoms with Crippen LogP contribution in [0.25, 0.3) is 0 Å². The molecule has 0 unspecified atom stereocenters. The van der Waals surface area contributed by atoms with E-state index in [2.05, 4.69) is 39.3 Å². The highest BCUT2D eigenvalue weighted by Gasteiger charge is 2.16. The van der Waals surface area contributed by atoms with Gasteiger partial charge in [0.2, 0.25) is 5.13 Å². The first-order chi connectivity index (χ1) is 11.6. The minimum absolute atomic E-state index is 0.153. The molecular formula is C14H18ClN5OS3. The van der Waals surface area contributed by atoms with Crippen molar-refractivity contribution in [2.24, 2.45) is 0 Å². The van der Waals surface area contributed by atoms with Gasteiger partial charge in [-0.05, 0) is 12.8 Å². The summed E-state index contributed by atoms with van der Waals surface area (Å²) in [6, 6.07) is 0. The average molecular weight is 404 g/mol. The molecule has 2 rings (SSSR count). The average Bonchev–Trinajstić information content (AvgIpc) is 3.01. The molecule has 0 aromatic carbocycles. The summed E-state index contributed by atoms with van der Waals surface area (Å²) in [5, 5.41) is 12.0. The second kappa shape index (κ2) is 10.2. The normalized spacial score (nSPS) is 10.8. The zero-order chi connectivity index (χ0) is 17.4. The van der Waals surface area contributed by atoms with Crippen molar-refractivity contribution in [2.75, 3.05) is 16.8 Å². The topological polar surface area (TPSA) is 80.7 Å². The Morgan fingerprint density at radius 1 is 1.25 bits per heavy atom. The van der Waals surface area contributed by atoms with Crippen LogP contribution >= 0.6 is 46.5 Å². The lowest BCUT2D eigenvalue weighted by Crippen LogP contribution is -2.15. The maximum atomic E-state index is 12.4. The Balaban J connectivity index is 2.01. The molecule has 130 valence electrons. The van der Waals surface area contributed by atoms with Crippen LogP contribution in [0, 0.1) is 0 Å². The summed E-state index contributed by atoms with van der Waals surface area (Å²) in [6.45, 7) is 4.22. The molecular weight excluding hydrogens is 386 g/mol. The molecule has 24 heavy (non-hydrogen) atoms. The van der Waals surface area contributed by atoms with Crippen molar-refractivity contribution < 1.29 is 4.79 Å². The van der Waals surface area contributed by atoms with E-state index in [1.54, 1.807) is 11.8 Å². The van der Waals surface area contributed by atoms with Gasteiger partial charge in [0.15, 0.2) is 15.2 Å². The van der Waals surface area contributed by atoms with Gasteiger partial charge in [-0.2, -0.15) is 0 Å². The van der Waals surface area contributed by atoms with Gasteiger partial charge in [-0.15, -0.1) is 10.2 Å². The number of unbranched alkanes of at least 4 members (excludes halogenated alkanes) is 1. The van der Waals surface area contributed by atoms with E-state index in [0.717, 1.165) is 35.1 Å². The molecule has 6 nitrogen and oxygen atoms in total. The van der Waals surface area contributed by atoms with Crippen LogP contribution in [-0.2, 0) is 0 Å². The fourth-order valence-corrected chi connectivity index (χ4v) is 4.30. The number of amides is 1. The number of hydrogen-bond donors (Lipinski definition) is 1. The summed E-state index contributed by atoms with van der Waals surface area (Å²) >= 11 is 10.5. The second-order valence-corrected chi connectivity index (χ2v) is 8.52. The van der Waals surface area contributed by atoms with Gasteiger partial charge in [0.25, 0.3) is 5.91 Å². The van der Waals surface area contributed by atoms with E-state index in [1.807, 2.05) is 0 Å². The highest BCUT2D eigenvalue weighted by Crippen LogP contribution is 2.27. The molecule has 2 aromatic heterocycles. The third-order valence-corrected chi connectivity index (χ3v) is 6.12. The van der Waals surface area contributed by atoms with Gasteiger partial charge < -0.3 is 0 Å². The van der Waals surface area contributed by atoms with Gasteiger partial charge in [0.1, 0.15) is 0 Å². The molecule has 1 amide bonds. The molecule has 2 aromatic rings. The molecule has 1 N–H and O–H groups in total. The Kier molecular flexibility index (Phi) is 8.23. The maximum Gasteiger partial charge on any atom is 0.277 e. The number of anilines is 1. The maximum absolute atomic E-state index is 12.4. The lowest BCUT2D eigenvalue weighted by Gasteiger charge is -2.04. The van der Waals surface area contributed by atoms with Crippen molar-refractivity contribution in [1.29, 1.82) is 0 Å². The monoisotopic (exact) mass is 403 g/mol. The van der Waals surface area contributed by atoms with Gasteiger partial charge in [-0.25, -0.2) is 9.97 Å². The summed E-state index contributed by atoms with van der Waals surface area (Å²) in [7, 11) is 0. The van der Waals surface area contributed by atoms with Gasteiger partial charge >= 0.3 is 0 Å². The molecule has 10 heteroatoms. The Labute approximate surface area is 158 Å². The summed E-state index contributed by atoms with van der Waals surface area (Å²) in [6.07, 6.45) is 4.72. The number of nitrogens with one attached hydrogen (secondary N) is 1. The molecule has 0 aliphatic carbocycles. The van der Waals surface area contributed by atoms with Crippen molar-refractivity contribution >= 4 is 57.5 Å². The van der Waals surface area contributed by atoms with E-state index in [9.17, 15) is 4.79 Å². The molecule has 0 radical (unpaired) electrons. The van der Waals surface area contributed by atoms with Crippen LogP contribution in [0.5, 0.6) is 0 Å². The van der Waals surface area contributed by atoms with E-state index >= 15 is 0 Å². The number of thioether (sulfide) groups is 2. The second-order valence-electron chi connectivity index (χ2n) is 4.73. The van der Waals surface area contributed by atoms with Crippen LogP contribution in [0.4, 0.5) is 5.13 Å². The molecule has 0 aliphatic rings. The van der Waals surface area contributed by atoms with Crippen LogP contribution < -0.4 is 5.32 Å². The predicted octanol–water partition coefficient (Wildman–Crippen LogP) is 4.63. The first kappa shape index (κ1) is 19.4. The van der Waals surface area contributed by atoms with E-state index in [4.69, 9.17) is 11.6 Å². The minimum Gasteiger partial charge on any atom is -0.295 e. The third-order valence-electron chi connectivity index (χ3n) is 2.72. The zero-order valence-corrected chi connectivity index (χ0v) is 16.6. The Morgan fingerprint density at radius 2 is 2.08 bits per heavy atom.